The van der Waals surface area contributed by atoms with Crippen molar-refractivity contribution in [1.82, 2.24) is 10.2 Å². The number of nitrogen functional groups attached to an aromatic ring is 1. The molecule has 0 saturated carbocycles. The number of rotatable bonds is 6. The first-order chi connectivity index (χ1) is 12.5. The zero-order valence-electron chi connectivity index (χ0n) is 15.7. The zero-order valence-corrected chi connectivity index (χ0v) is 16.6. The molecule has 0 unspecified atom stereocenters. The van der Waals surface area contributed by atoms with Crippen molar-refractivity contribution in [2.75, 3.05) is 5.73 Å². The molecule has 0 bridgehead atoms. The number of nitrogens with zero attached hydrogens (tertiary/aromatic N) is 2. The van der Waals surface area contributed by atoms with E-state index >= 15 is 0 Å². The number of benzene rings is 2. The first-order valence-electron chi connectivity index (χ1n) is 8.98. The third kappa shape index (κ3) is 3.88. The average Bonchev–Trinajstić information content (AvgIpc) is 3.08. The van der Waals surface area contributed by atoms with Crippen LogP contribution in [0, 0.1) is 6.92 Å². The lowest BCUT2D eigenvalue weighted by molar-refractivity contribution is 0.244. The molecular formula is C21H25N3OS. The second kappa shape index (κ2) is 7.87. The van der Waals surface area contributed by atoms with E-state index in [1.165, 1.54) is 11.1 Å². The summed E-state index contributed by atoms with van der Waals surface area (Å²) in [5, 5.41) is 10.6. The normalized spacial score (nSPS) is 11.1. The fraction of sp³-hybridized carbons (Fsp3) is 0.333. The predicted molar refractivity (Wildman–Crippen MR) is 110 cm³/mol. The number of hydrogen-bond acceptors (Lipinski definition) is 5. The second-order valence-corrected chi connectivity index (χ2v) is 7.65. The molecule has 0 radical (unpaired) electrons. The van der Waals surface area contributed by atoms with Gasteiger partial charge in [0, 0.05) is 11.1 Å². The maximum absolute atomic E-state index is 6.13. The summed E-state index contributed by atoms with van der Waals surface area (Å²) in [6, 6.07) is 12.2. The molecule has 1 heterocycles. The lowest BCUT2D eigenvalue weighted by Gasteiger charge is -2.12. The largest absolute Gasteiger partial charge is 0.489 e. The number of anilines is 1. The van der Waals surface area contributed by atoms with Gasteiger partial charge in [0.05, 0.1) is 11.8 Å². The molecule has 136 valence electrons. The highest BCUT2D eigenvalue weighted by Crippen LogP contribution is 2.35. The highest BCUT2D eigenvalue weighted by atomic mass is 32.1. The summed E-state index contributed by atoms with van der Waals surface area (Å²) in [5.41, 5.74) is 11.5. The van der Waals surface area contributed by atoms with Crippen molar-refractivity contribution in [3.05, 3.63) is 47.5 Å². The molecule has 3 rings (SSSR count). The molecule has 26 heavy (non-hydrogen) atoms. The molecule has 1 aromatic heterocycles. The van der Waals surface area contributed by atoms with Crippen LogP contribution in [0.5, 0.6) is 5.75 Å². The fourth-order valence-electron chi connectivity index (χ4n) is 2.95. The van der Waals surface area contributed by atoms with Gasteiger partial charge in [-0.3, -0.25) is 0 Å². The van der Waals surface area contributed by atoms with Crippen LogP contribution in [0.2, 0.25) is 0 Å². The lowest BCUT2D eigenvalue weighted by atomic mass is 9.99. The number of aromatic nitrogens is 2. The Kier molecular flexibility index (Phi) is 5.57. The van der Waals surface area contributed by atoms with Crippen molar-refractivity contribution >= 4 is 17.0 Å². The topological polar surface area (TPSA) is 61.0 Å². The second-order valence-electron chi connectivity index (χ2n) is 6.67. The highest BCUT2D eigenvalue weighted by Gasteiger charge is 2.13. The molecular weight excluding hydrogens is 342 g/mol. The van der Waals surface area contributed by atoms with Crippen molar-refractivity contribution in [2.24, 2.45) is 0 Å². The SMILES string of the molecule is CCCc1cccc(-c2nnc(-c3ccc(OC(C)C)c(N)c3)s2)c1C. The quantitative estimate of drug-likeness (QED) is 0.584. The molecule has 0 atom stereocenters. The minimum Gasteiger partial charge on any atom is -0.489 e. The molecule has 2 N–H and O–H groups in total. The summed E-state index contributed by atoms with van der Waals surface area (Å²) in [6.45, 7) is 8.34. The molecule has 0 fully saturated rings. The van der Waals surface area contributed by atoms with Gasteiger partial charge in [-0.05, 0) is 56.5 Å². The van der Waals surface area contributed by atoms with Crippen molar-refractivity contribution in [3.63, 3.8) is 0 Å². The Morgan fingerprint density at radius 1 is 1.12 bits per heavy atom. The Hall–Kier alpha value is -2.40. The number of aryl methyl sites for hydroxylation is 1. The van der Waals surface area contributed by atoms with Crippen molar-refractivity contribution in [1.29, 1.82) is 0 Å². The van der Waals surface area contributed by atoms with Gasteiger partial charge in [-0.15, -0.1) is 10.2 Å². The van der Waals surface area contributed by atoms with E-state index in [-0.39, 0.29) is 6.10 Å². The summed E-state index contributed by atoms with van der Waals surface area (Å²) in [6.07, 6.45) is 2.31. The van der Waals surface area contributed by atoms with Gasteiger partial charge in [0.25, 0.3) is 0 Å². The summed E-state index contributed by atoms with van der Waals surface area (Å²) < 4.78 is 5.70. The van der Waals surface area contributed by atoms with Crippen molar-refractivity contribution < 1.29 is 4.74 Å². The van der Waals surface area contributed by atoms with E-state index in [1.54, 1.807) is 11.3 Å². The van der Waals surface area contributed by atoms with Gasteiger partial charge in [-0.1, -0.05) is 42.9 Å². The smallest absolute Gasteiger partial charge is 0.148 e. The Balaban J connectivity index is 1.91. The fourth-order valence-corrected chi connectivity index (χ4v) is 3.87. The molecule has 0 saturated heterocycles. The van der Waals surface area contributed by atoms with E-state index < -0.39 is 0 Å². The van der Waals surface area contributed by atoms with Crippen LogP contribution in [-0.4, -0.2) is 16.3 Å². The molecule has 4 nitrogen and oxygen atoms in total. The monoisotopic (exact) mass is 367 g/mol. The van der Waals surface area contributed by atoms with Gasteiger partial charge in [-0.25, -0.2) is 0 Å². The van der Waals surface area contributed by atoms with Crippen LogP contribution < -0.4 is 10.5 Å². The van der Waals surface area contributed by atoms with Crippen LogP contribution in [-0.2, 0) is 6.42 Å². The molecule has 3 aromatic rings. The van der Waals surface area contributed by atoms with E-state index in [2.05, 4.69) is 42.2 Å². The molecule has 2 aromatic carbocycles. The molecule has 5 heteroatoms. The summed E-state index contributed by atoms with van der Waals surface area (Å²) in [4.78, 5) is 0. The Bertz CT molecular complexity index is 902. The summed E-state index contributed by atoms with van der Waals surface area (Å²) in [7, 11) is 0. The van der Waals surface area contributed by atoms with Crippen LogP contribution in [0.25, 0.3) is 21.1 Å². The van der Waals surface area contributed by atoms with Crippen LogP contribution in [0.15, 0.2) is 36.4 Å². The Morgan fingerprint density at radius 3 is 2.58 bits per heavy atom. The molecule has 0 spiro atoms. The predicted octanol–water partition coefficient (Wildman–Crippen LogP) is 5.50. The van der Waals surface area contributed by atoms with Crippen LogP contribution in [0.1, 0.15) is 38.3 Å². The Morgan fingerprint density at radius 2 is 1.88 bits per heavy atom. The minimum absolute atomic E-state index is 0.0923. The average molecular weight is 368 g/mol. The number of nitrogens with two attached hydrogens (primary N) is 1. The van der Waals surface area contributed by atoms with E-state index in [0.29, 0.717) is 11.4 Å². The lowest BCUT2D eigenvalue weighted by Crippen LogP contribution is -2.07. The van der Waals surface area contributed by atoms with Gasteiger partial charge in [0.1, 0.15) is 15.8 Å². The molecule has 0 aliphatic heterocycles. The Labute approximate surface area is 159 Å². The van der Waals surface area contributed by atoms with E-state index in [9.17, 15) is 0 Å². The minimum atomic E-state index is 0.0923. The molecule has 0 aliphatic rings. The maximum Gasteiger partial charge on any atom is 0.148 e. The first-order valence-corrected chi connectivity index (χ1v) is 9.80. The van der Waals surface area contributed by atoms with Gasteiger partial charge >= 0.3 is 0 Å². The van der Waals surface area contributed by atoms with Crippen molar-refractivity contribution in [2.45, 2.75) is 46.6 Å². The standard InChI is InChI=1S/C21H25N3OS/c1-5-7-15-8-6-9-17(14(15)4)21-24-23-20(26-21)16-10-11-19(18(22)12-16)25-13(2)3/h6,8-13H,5,7,22H2,1-4H3. The maximum atomic E-state index is 6.13. The van der Waals surface area contributed by atoms with E-state index in [4.69, 9.17) is 10.5 Å². The third-order valence-electron chi connectivity index (χ3n) is 4.24. The number of ether oxygens (including phenoxy) is 1. The van der Waals surface area contributed by atoms with E-state index in [1.807, 2.05) is 32.0 Å². The zero-order chi connectivity index (χ0) is 18.7. The van der Waals surface area contributed by atoms with Gasteiger partial charge in [0.15, 0.2) is 0 Å². The summed E-state index contributed by atoms with van der Waals surface area (Å²) in [5.74, 6) is 0.705. The van der Waals surface area contributed by atoms with Crippen LogP contribution in [0.3, 0.4) is 0 Å². The molecule has 0 aliphatic carbocycles. The molecule has 0 amide bonds. The first kappa shape index (κ1) is 18.4. The van der Waals surface area contributed by atoms with Gasteiger partial charge in [0.2, 0.25) is 0 Å². The third-order valence-corrected chi connectivity index (χ3v) is 5.25. The van der Waals surface area contributed by atoms with E-state index in [0.717, 1.165) is 34.0 Å². The van der Waals surface area contributed by atoms with Crippen LogP contribution >= 0.6 is 11.3 Å². The highest BCUT2D eigenvalue weighted by molar-refractivity contribution is 7.17. The summed E-state index contributed by atoms with van der Waals surface area (Å²) >= 11 is 1.59. The van der Waals surface area contributed by atoms with Crippen LogP contribution in [0.4, 0.5) is 5.69 Å². The van der Waals surface area contributed by atoms with Gasteiger partial charge < -0.3 is 10.5 Å². The van der Waals surface area contributed by atoms with Gasteiger partial charge in [-0.2, -0.15) is 0 Å². The number of hydrogen-bond donors (Lipinski definition) is 1. The van der Waals surface area contributed by atoms with Crippen molar-refractivity contribution in [3.8, 4) is 26.9 Å².